The molecule has 7 rings (SSSR count). The minimum absolute atomic E-state index is 0.636. The van der Waals surface area contributed by atoms with Gasteiger partial charge >= 0.3 is 0 Å². The highest BCUT2D eigenvalue weighted by Crippen LogP contribution is 2.36. The van der Waals surface area contributed by atoms with Crippen LogP contribution in [0.1, 0.15) is 0 Å². The lowest BCUT2D eigenvalue weighted by atomic mass is 9.94. The molecule has 0 unspecified atom stereocenters. The van der Waals surface area contributed by atoms with Crippen LogP contribution < -0.4 is 5.32 Å². The fourth-order valence-electron chi connectivity index (χ4n) is 4.84. The van der Waals surface area contributed by atoms with E-state index in [4.69, 9.17) is 4.42 Å². The molecule has 0 aliphatic rings. The summed E-state index contributed by atoms with van der Waals surface area (Å²) in [6.07, 6.45) is 0. The largest absolute Gasteiger partial charge is 0.436 e. The molecule has 34 heavy (non-hydrogen) atoms. The van der Waals surface area contributed by atoms with Crippen molar-refractivity contribution in [3.63, 3.8) is 0 Å². The molecule has 7 aromatic rings. The van der Waals surface area contributed by atoms with Gasteiger partial charge in [0.1, 0.15) is 5.52 Å². The molecular formula is C31H20N2O. The quantitative estimate of drug-likeness (QED) is 0.282. The molecule has 0 amide bonds. The predicted molar refractivity (Wildman–Crippen MR) is 142 cm³/mol. The summed E-state index contributed by atoms with van der Waals surface area (Å²) in [6, 6.07) is 39.9. The van der Waals surface area contributed by atoms with Gasteiger partial charge in [-0.2, -0.15) is 0 Å². The lowest BCUT2D eigenvalue weighted by Crippen LogP contribution is -1.91. The van der Waals surface area contributed by atoms with E-state index >= 15 is 0 Å². The molecule has 1 N–H and O–H groups in total. The zero-order valence-electron chi connectivity index (χ0n) is 18.3. The normalized spacial score (nSPS) is 11.5. The Balaban J connectivity index is 1.27. The molecule has 6 aromatic carbocycles. The Morgan fingerprint density at radius 3 is 1.74 bits per heavy atom. The second-order valence-electron chi connectivity index (χ2n) is 8.54. The Hall–Kier alpha value is -4.63. The molecule has 0 spiro atoms. The number of hydrogen-bond acceptors (Lipinski definition) is 3. The Morgan fingerprint density at radius 2 is 1.06 bits per heavy atom. The highest BCUT2D eigenvalue weighted by molar-refractivity contribution is 6.25. The number of oxazole rings is 1. The van der Waals surface area contributed by atoms with Gasteiger partial charge in [0, 0.05) is 16.9 Å². The van der Waals surface area contributed by atoms with Crippen molar-refractivity contribution in [1.29, 1.82) is 0 Å². The van der Waals surface area contributed by atoms with Gasteiger partial charge in [0.25, 0.3) is 0 Å². The number of nitrogens with zero attached hydrogens (tertiary/aromatic N) is 1. The second-order valence-corrected chi connectivity index (χ2v) is 8.54. The third-order valence-electron chi connectivity index (χ3n) is 6.46. The van der Waals surface area contributed by atoms with Gasteiger partial charge in [-0.25, -0.2) is 4.98 Å². The Kier molecular flexibility index (Phi) is 4.15. The van der Waals surface area contributed by atoms with E-state index in [9.17, 15) is 0 Å². The van der Waals surface area contributed by atoms with Gasteiger partial charge < -0.3 is 9.73 Å². The highest BCUT2D eigenvalue weighted by Gasteiger charge is 2.10. The fourth-order valence-corrected chi connectivity index (χ4v) is 4.84. The standard InChI is InChI=1S/C31H20N2O/c1-2-9-25-23(7-1)24-8-3-4-10-26(24)28-19-22(17-18-27(25)28)32-21-15-13-20(14-16-21)31-33-29-11-5-6-12-30(29)34-31/h1-19,32H. The minimum atomic E-state index is 0.636. The van der Waals surface area contributed by atoms with E-state index in [1.807, 2.05) is 36.4 Å². The van der Waals surface area contributed by atoms with Crippen molar-refractivity contribution in [1.82, 2.24) is 4.98 Å². The summed E-state index contributed by atoms with van der Waals surface area (Å²) in [6.45, 7) is 0. The first-order valence-electron chi connectivity index (χ1n) is 11.4. The zero-order chi connectivity index (χ0) is 22.5. The summed E-state index contributed by atoms with van der Waals surface area (Å²) in [5.41, 5.74) is 4.70. The number of fused-ring (bicyclic) bond motifs is 7. The first kappa shape index (κ1) is 18.9. The van der Waals surface area contributed by atoms with Crippen LogP contribution in [0.15, 0.2) is 120 Å². The van der Waals surface area contributed by atoms with Crippen LogP contribution in [-0.4, -0.2) is 4.98 Å². The first-order chi connectivity index (χ1) is 16.8. The molecule has 3 nitrogen and oxygen atoms in total. The van der Waals surface area contributed by atoms with Gasteiger partial charge in [-0.15, -0.1) is 0 Å². The summed E-state index contributed by atoms with van der Waals surface area (Å²) in [5, 5.41) is 11.2. The summed E-state index contributed by atoms with van der Waals surface area (Å²) in [5.74, 6) is 0.636. The Bertz CT molecular complexity index is 1760. The van der Waals surface area contributed by atoms with E-state index in [0.29, 0.717) is 5.89 Å². The van der Waals surface area contributed by atoms with E-state index in [2.05, 4.69) is 89.2 Å². The van der Waals surface area contributed by atoms with Crippen LogP contribution in [0, 0.1) is 0 Å². The number of hydrogen-bond donors (Lipinski definition) is 1. The van der Waals surface area contributed by atoms with Crippen LogP contribution in [-0.2, 0) is 0 Å². The number of aromatic nitrogens is 1. The van der Waals surface area contributed by atoms with Crippen molar-refractivity contribution < 1.29 is 4.42 Å². The lowest BCUT2D eigenvalue weighted by molar-refractivity contribution is 0.620. The van der Waals surface area contributed by atoms with E-state index in [-0.39, 0.29) is 0 Å². The van der Waals surface area contributed by atoms with Crippen LogP contribution >= 0.6 is 0 Å². The fraction of sp³-hybridized carbons (Fsp3) is 0. The molecule has 1 heterocycles. The van der Waals surface area contributed by atoms with Crippen molar-refractivity contribution in [2.45, 2.75) is 0 Å². The molecule has 0 bridgehead atoms. The van der Waals surface area contributed by atoms with E-state index in [0.717, 1.165) is 28.0 Å². The van der Waals surface area contributed by atoms with Crippen LogP contribution in [0.4, 0.5) is 11.4 Å². The van der Waals surface area contributed by atoms with Crippen LogP contribution in [0.5, 0.6) is 0 Å². The van der Waals surface area contributed by atoms with Crippen molar-refractivity contribution in [3.8, 4) is 11.5 Å². The summed E-state index contributed by atoms with van der Waals surface area (Å²) < 4.78 is 5.90. The summed E-state index contributed by atoms with van der Waals surface area (Å²) in [7, 11) is 0. The van der Waals surface area contributed by atoms with Gasteiger partial charge in [-0.1, -0.05) is 66.7 Å². The van der Waals surface area contributed by atoms with E-state index in [1.54, 1.807) is 0 Å². The number of anilines is 2. The van der Waals surface area contributed by atoms with Crippen LogP contribution in [0.2, 0.25) is 0 Å². The molecule has 3 heteroatoms. The third kappa shape index (κ3) is 3.02. The molecule has 0 aliphatic carbocycles. The Morgan fingerprint density at radius 1 is 0.500 bits per heavy atom. The SMILES string of the molecule is c1ccc2oc(-c3ccc(Nc4ccc5c6ccccc6c6ccccc6c5c4)cc3)nc2c1. The molecule has 1 aromatic heterocycles. The average molecular weight is 437 g/mol. The first-order valence-corrected chi connectivity index (χ1v) is 11.4. The molecule has 0 radical (unpaired) electrons. The van der Waals surface area contributed by atoms with Crippen LogP contribution in [0.3, 0.4) is 0 Å². The number of para-hydroxylation sites is 2. The highest BCUT2D eigenvalue weighted by atomic mass is 16.3. The van der Waals surface area contributed by atoms with Gasteiger partial charge in [0.05, 0.1) is 0 Å². The summed E-state index contributed by atoms with van der Waals surface area (Å²) >= 11 is 0. The number of rotatable bonds is 3. The minimum Gasteiger partial charge on any atom is -0.436 e. The molecule has 0 saturated carbocycles. The third-order valence-corrected chi connectivity index (χ3v) is 6.46. The van der Waals surface area contributed by atoms with Gasteiger partial charge in [-0.05, 0) is 80.8 Å². The lowest BCUT2D eigenvalue weighted by Gasteiger charge is -2.13. The summed E-state index contributed by atoms with van der Waals surface area (Å²) in [4.78, 5) is 4.60. The molecule has 0 aliphatic heterocycles. The van der Waals surface area contributed by atoms with Gasteiger partial charge in [-0.3, -0.25) is 0 Å². The second kappa shape index (κ2) is 7.46. The number of benzene rings is 6. The molecule has 160 valence electrons. The Labute approximate surface area is 196 Å². The molecule has 0 fully saturated rings. The van der Waals surface area contributed by atoms with E-state index in [1.165, 1.54) is 32.3 Å². The van der Waals surface area contributed by atoms with Crippen molar-refractivity contribution in [2.24, 2.45) is 0 Å². The van der Waals surface area contributed by atoms with Crippen molar-refractivity contribution in [2.75, 3.05) is 5.32 Å². The maximum Gasteiger partial charge on any atom is 0.227 e. The maximum atomic E-state index is 5.90. The zero-order valence-corrected chi connectivity index (χ0v) is 18.3. The maximum absolute atomic E-state index is 5.90. The topological polar surface area (TPSA) is 38.1 Å². The van der Waals surface area contributed by atoms with Gasteiger partial charge in [0.2, 0.25) is 5.89 Å². The van der Waals surface area contributed by atoms with E-state index < -0.39 is 0 Å². The molecule has 0 atom stereocenters. The van der Waals surface area contributed by atoms with Crippen molar-refractivity contribution in [3.05, 3.63) is 115 Å². The van der Waals surface area contributed by atoms with Gasteiger partial charge in [0.15, 0.2) is 5.58 Å². The molecular weight excluding hydrogens is 416 g/mol. The molecule has 0 saturated heterocycles. The smallest absolute Gasteiger partial charge is 0.227 e. The predicted octanol–water partition coefficient (Wildman–Crippen LogP) is 8.70. The van der Waals surface area contributed by atoms with Crippen LogP contribution in [0.25, 0.3) is 54.9 Å². The monoisotopic (exact) mass is 436 g/mol. The number of nitrogens with one attached hydrogen (secondary N) is 1. The van der Waals surface area contributed by atoms with Crippen molar-refractivity contribution >= 4 is 54.8 Å². The average Bonchev–Trinajstić information content (AvgIpc) is 3.34.